The number of para-hydroxylation sites is 1. The van der Waals surface area contributed by atoms with E-state index < -0.39 is 0 Å². The second-order valence-electron chi connectivity index (χ2n) is 8.14. The molecule has 2 aliphatic rings. The van der Waals surface area contributed by atoms with Crippen LogP contribution < -0.4 is 5.73 Å². The molecule has 1 amide bonds. The van der Waals surface area contributed by atoms with Gasteiger partial charge >= 0.3 is 0 Å². The van der Waals surface area contributed by atoms with Crippen LogP contribution in [-0.4, -0.2) is 53.1 Å². The number of ether oxygens (including phenoxy) is 1. The maximum absolute atomic E-state index is 12.9. The fourth-order valence-corrected chi connectivity index (χ4v) is 4.71. The molecular formula is C21H30N4O2. The molecule has 0 unspecified atom stereocenters. The molecule has 2 aromatic rings. The molecule has 27 heavy (non-hydrogen) atoms. The molecule has 6 heteroatoms. The van der Waals surface area contributed by atoms with E-state index in [1.165, 1.54) is 5.56 Å². The van der Waals surface area contributed by atoms with Gasteiger partial charge in [0.2, 0.25) is 5.91 Å². The summed E-state index contributed by atoms with van der Waals surface area (Å²) in [6.07, 6.45) is 4.52. The monoisotopic (exact) mass is 370 g/mol. The second-order valence-corrected chi connectivity index (χ2v) is 8.14. The average Bonchev–Trinajstić information content (AvgIpc) is 3.13. The quantitative estimate of drug-likeness (QED) is 0.870. The predicted molar refractivity (Wildman–Crippen MR) is 105 cm³/mol. The largest absolute Gasteiger partial charge is 0.380 e. The lowest BCUT2D eigenvalue weighted by Gasteiger charge is -2.37. The van der Waals surface area contributed by atoms with Gasteiger partial charge in [-0.05, 0) is 50.7 Å². The molecule has 0 bridgehead atoms. The number of carbonyl (C=O) groups is 1. The molecule has 1 aliphatic carbocycles. The van der Waals surface area contributed by atoms with Crippen molar-refractivity contribution >= 4 is 16.9 Å². The van der Waals surface area contributed by atoms with E-state index in [-0.39, 0.29) is 24.0 Å². The van der Waals surface area contributed by atoms with Crippen LogP contribution in [0.3, 0.4) is 0 Å². The number of piperidine rings is 1. The molecule has 1 saturated heterocycles. The highest BCUT2D eigenvalue weighted by Crippen LogP contribution is 2.32. The highest BCUT2D eigenvalue weighted by atomic mass is 16.5. The lowest BCUT2D eigenvalue weighted by molar-refractivity contribution is -0.138. The van der Waals surface area contributed by atoms with Gasteiger partial charge < -0.3 is 20.4 Å². The van der Waals surface area contributed by atoms with Crippen LogP contribution in [0.1, 0.15) is 49.4 Å². The van der Waals surface area contributed by atoms with E-state index in [0.717, 1.165) is 62.1 Å². The van der Waals surface area contributed by atoms with E-state index >= 15 is 0 Å². The number of nitrogens with zero attached hydrogens (tertiary/aromatic N) is 2. The second kappa shape index (κ2) is 7.60. The van der Waals surface area contributed by atoms with Gasteiger partial charge in [0.05, 0.1) is 17.1 Å². The van der Waals surface area contributed by atoms with Gasteiger partial charge in [-0.3, -0.25) is 4.79 Å². The zero-order valence-corrected chi connectivity index (χ0v) is 16.3. The van der Waals surface area contributed by atoms with Gasteiger partial charge in [-0.2, -0.15) is 0 Å². The third-order valence-corrected chi connectivity index (χ3v) is 6.41. The Morgan fingerprint density at radius 1 is 1.26 bits per heavy atom. The summed E-state index contributed by atoms with van der Waals surface area (Å²) in [6.45, 7) is 3.70. The normalized spacial score (nSPS) is 27.2. The van der Waals surface area contributed by atoms with Crippen molar-refractivity contribution in [3.05, 3.63) is 29.6 Å². The molecule has 1 saturated carbocycles. The number of rotatable bonds is 3. The standard InChI is InChI=1S/C21H30N4O2/c1-13-4-3-5-17-19(13)24-20(23-17)14-8-10-25(11-9-14)21(26)15-6-7-18(27-2)16(22)12-15/h3-5,14-16,18H,6-12,22H2,1-2H3,(H,23,24)/t15-,16+,18+/m0/s1. The molecule has 0 radical (unpaired) electrons. The number of imidazole rings is 1. The topological polar surface area (TPSA) is 84.2 Å². The number of aromatic amines is 1. The van der Waals surface area contributed by atoms with E-state index in [4.69, 9.17) is 15.5 Å². The number of benzene rings is 1. The molecule has 4 rings (SSSR count). The van der Waals surface area contributed by atoms with Crippen molar-refractivity contribution in [2.45, 2.75) is 57.1 Å². The molecule has 3 atom stereocenters. The van der Waals surface area contributed by atoms with Crippen molar-refractivity contribution in [3.63, 3.8) is 0 Å². The minimum Gasteiger partial charge on any atom is -0.380 e. The van der Waals surface area contributed by atoms with Crippen LogP contribution >= 0.6 is 0 Å². The minimum absolute atomic E-state index is 0.0333. The Labute approximate surface area is 160 Å². The Balaban J connectivity index is 1.37. The number of hydrogen-bond donors (Lipinski definition) is 2. The number of likely N-dealkylation sites (tertiary alicyclic amines) is 1. The Hall–Kier alpha value is -1.92. The van der Waals surface area contributed by atoms with Crippen LogP contribution in [0.15, 0.2) is 18.2 Å². The summed E-state index contributed by atoms with van der Waals surface area (Å²) in [4.78, 5) is 23.3. The summed E-state index contributed by atoms with van der Waals surface area (Å²) in [5.74, 6) is 1.79. The van der Waals surface area contributed by atoms with Crippen LogP contribution in [0.5, 0.6) is 0 Å². The van der Waals surface area contributed by atoms with Crippen LogP contribution in [0.2, 0.25) is 0 Å². The van der Waals surface area contributed by atoms with Gasteiger partial charge in [0.1, 0.15) is 5.82 Å². The number of methoxy groups -OCH3 is 1. The number of aryl methyl sites for hydroxylation is 1. The van der Waals surface area contributed by atoms with Crippen molar-refractivity contribution in [2.24, 2.45) is 11.7 Å². The van der Waals surface area contributed by atoms with Crippen molar-refractivity contribution in [3.8, 4) is 0 Å². The van der Waals surface area contributed by atoms with Gasteiger partial charge in [0.15, 0.2) is 0 Å². The van der Waals surface area contributed by atoms with E-state index in [9.17, 15) is 4.79 Å². The number of fused-ring (bicyclic) bond motifs is 1. The number of hydrogen-bond acceptors (Lipinski definition) is 4. The molecule has 3 N–H and O–H groups in total. The number of amides is 1. The average molecular weight is 370 g/mol. The molecule has 6 nitrogen and oxygen atoms in total. The molecule has 2 heterocycles. The summed E-state index contributed by atoms with van der Waals surface area (Å²) in [6, 6.07) is 6.20. The van der Waals surface area contributed by atoms with Gasteiger partial charge in [-0.15, -0.1) is 0 Å². The third-order valence-electron chi connectivity index (χ3n) is 6.41. The Morgan fingerprint density at radius 3 is 2.70 bits per heavy atom. The summed E-state index contributed by atoms with van der Waals surface area (Å²) >= 11 is 0. The highest BCUT2D eigenvalue weighted by molar-refractivity contribution is 5.79. The van der Waals surface area contributed by atoms with Crippen molar-refractivity contribution in [1.29, 1.82) is 0 Å². The molecule has 146 valence electrons. The molecule has 0 spiro atoms. The third kappa shape index (κ3) is 3.60. The van der Waals surface area contributed by atoms with Crippen molar-refractivity contribution in [2.75, 3.05) is 20.2 Å². The van der Waals surface area contributed by atoms with Gasteiger partial charge in [-0.25, -0.2) is 4.98 Å². The molecule has 1 aromatic heterocycles. The molecular weight excluding hydrogens is 340 g/mol. The zero-order chi connectivity index (χ0) is 19.0. The number of nitrogens with two attached hydrogens (primary N) is 1. The smallest absolute Gasteiger partial charge is 0.225 e. The highest BCUT2D eigenvalue weighted by Gasteiger charge is 2.35. The first-order valence-electron chi connectivity index (χ1n) is 10.1. The summed E-state index contributed by atoms with van der Waals surface area (Å²) in [5.41, 5.74) is 9.55. The number of carbonyl (C=O) groups excluding carboxylic acids is 1. The maximum Gasteiger partial charge on any atom is 0.225 e. The fraction of sp³-hybridized carbons (Fsp3) is 0.619. The van der Waals surface area contributed by atoms with Crippen molar-refractivity contribution in [1.82, 2.24) is 14.9 Å². The number of aromatic nitrogens is 2. The van der Waals surface area contributed by atoms with Gasteiger partial charge in [0.25, 0.3) is 0 Å². The number of H-pyrrole nitrogens is 1. The summed E-state index contributed by atoms with van der Waals surface area (Å²) in [7, 11) is 1.71. The maximum atomic E-state index is 12.9. The lowest BCUT2D eigenvalue weighted by atomic mass is 9.82. The van der Waals surface area contributed by atoms with E-state index in [1.807, 2.05) is 4.90 Å². The minimum atomic E-state index is -0.0333. The van der Waals surface area contributed by atoms with Gasteiger partial charge in [-0.1, -0.05) is 12.1 Å². The first-order chi connectivity index (χ1) is 13.1. The summed E-state index contributed by atoms with van der Waals surface area (Å²) in [5, 5.41) is 0. The van der Waals surface area contributed by atoms with Crippen LogP contribution in [0.25, 0.3) is 11.0 Å². The lowest BCUT2D eigenvalue weighted by Crippen LogP contribution is -2.48. The van der Waals surface area contributed by atoms with E-state index in [1.54, 1.807) is 7.11 Å². The number of nitrogens with one attached hydrogen (secondary N) is 1. The Kier molecular flexibility index (Phi) is 5.19. The molecule has 2 fully saturated rings. The predicted octanol–water partition coefficient (Wildman–Crippen LogP) is 2.72. The van der Waals surface area contributed by atoms with Crippen LogP contribution in [0, 0.1) is 12.8 Å². The van der Waals surface area contributed by atoms with E-state index in [2.05, 4.69) is 30.1 Å². The Morgan fingerprint density at radius 2 is 2.04 bits per heavy atom. The summed E-state index contributed by atoms with van der Waals surface area (Å²) < 4.78 is 5.41. The first kappa shape index (κ1) is 18.4. The SMILES string of the molecule is CO[C@@H]1CC[C@H](C(=O)N2CCC(c3nc4c(C)cccc4[nH]3)CC2)C[C@H]1N. The van der Waals surface area contributed by atoms with E-state index in [0.29, 0.717) is 5.92 Å². The first-order valence-corrected chi connectivity index (χ1v) is 10.1. The fourth-order valence-electron chi connectivity index (χ4n) is 4.71. The molecule has 1 aromatic carbocycles. The zero-order valence-electron chi connectivity index (χ0n) is 16.3. The van der Waals surface area contributed by atoms with Gasteiger partial charge in [0, 0.05) is 38.1 Å². The van der Waals surface area contributed by atoms with Crippen molar-refractivity contribution < 1.29 is 9.53 Å². The van der Waals surface area contributed by atoms with Crippen LogP contribution in [0.4, 0.5) is 0 Å². The van der Waals surface area contributed by atoms with Crippen LogP contribution in [-0.2, 0) is 9.53 Å². The molecule has 1 aliphatic heterocycles. The Bertz CT molecular complexity index is 810.